The number of methoxy groups -OCH3 is 1. The van der Waals surface area contributed by atoms with Crippen molar-refractivity contribution < 1.29 is 23.4 Å². The fourth-order valence-electron chi connectivity index (χ4n) is 5.22. The number of carbonyl (C=O) groups is 1. The Labute approximate surface area is 216 Å². The smallest absolute Gasteiger partial charge is 0.303 e. The number of carboxylic acids is 1. The second-order valence-corrected chi connectivity index (χ2v) is 9.65. The van der Waals surface area contributed by atoms with Crippen LogP contribution in [0.25, 0.3) is 10.9 Å². The number of carboxylic acid groups (broad SMARTS) is 1. The first-order valence-electron chi connectivity index (χ1n) is 12.7. The molecule has 0 radical (unpaired) electrons. The van der Waals surface area contributed by atoms with Crippen LogP contribution in [-0.2, 0) is 11.2 Å². The van der Waals surface area contributed by atoms with Gasteiger partial charge in [0.15, 0.2) is 11.6 Å². The number of benzene rings is 2. The van der Waals surface area contributed by atoms with Gasteiger partial charge in [-0.25, -0.2) is 8.78 Å². The highest BCUT2D eigenvalue weighted by atomic mass is 19.2. The van der Waals surface area contributed by atoms with Gasteiger partial charge < -0.3 is 9.84 Å². The summed E-state index contributed by atoms with van der Waals surface area (Å²) in [4.78, 5) is 18.0. The lowest BCUT2D eigenvalue weighted by atomic mass is 9.79. The van der Waals surface area contributed by atoms with Gasteiger partial charge in [0.05, 0.1) is 19.2 Å². The molecular formula is C30H32F2N2O3. The van der Waals surface area contributed by atoms with Crippen molar-refractivity contribution in [1.82, 2.24) is 9.88 Å². The van der Waals surface area contributed by atoms with E-state index in [1.807, 2.05) is 24.4 Å². The third-order valence-electron chi connectivity index (χ3n) is 7.22. The number of aliphatic carboxylic acids is 1. The van der Waals surface area contributed by atoms with Gasteiger partial charge in [-0.15, -0.1) is 0 Å². The zero-order valence-electron chi connectivity index (χ0n) is 21.1. The predicted octanol–water partition coefficient (Wildman–Crippen LogP) is 5.70. The highest BCUT2D eigenvalue weighted by Crippen LogP contribution is 2.32. The third-order valence-corrected chi connectivity index (χ3v) is 7.22. The molecule has 0 spiro atoms. The highest BCUT2D eigenvalue weighted by molar-refractivity contribution is 5.83. The second-order valence-electron chi connectivity index (χ2n) is 9.65. The number of fused-ring (bicyclic) bond motifs is 1. The molecule has 37 heavy (non-hydrogen) atoms. The number of ether oxygens (including phenoxy) is 1. The Hall–Kier alpha value is -3.50. The van der Waals surface area contributed by atoms with Crippen molar-refractivity contribution >= 4 is 16.9 Å². The van der Waals surface area contributed by atoms with Crippen LogP contribution in [0.4, 0.5) is 8.78 Å². The molecule has 1 N–H and O–H groups in total. The monoisotopic (exact) mass is 506 g/mol. The number of rotatable bonds is 9. The van der Waals surface area contributed by atoms with E-state index in [1.54, 1.807) is 7.11 Å². The lowest BCUT2D eigenvalue weighted by Gasteiger charge is -2.38. The summed E-state index contributed by atoms with van der Waals surface area (Å²) in [6, 6.07) is 11.7. The molecule has 0 aliphatic carbocycles. The van der Waals surface area contributed by atoms with Crippen LogP contribution < -0.4 is 4.74 Å². The first-order valence-corrected chi connectivity index (χ1v) is 12.7. The van der Waals surface area contributed by atoms with E-state index in [0.29, 0.717) is 24.4 Å². The number of aromatic nitrogens is 1. The molecule has 1 saturated heterocycles. The zero-order chi connectivity index (χ0) is 26.2. The van der Waals surface area contributed by atoms with Crippen LogP contribution in [0.2, 0.25) is 0 Å². The summed E-state index contributed by atoms with van der Waals surface area (Å²) in [7, 11) is 1.66. The molecule has 2 atom stereocenters. The maximum atomic E-state index is 13.4. The van der Waals surface area contributed by atoms with Gasteiger partial charge >= 0.3 is 5.97 Å². The van der Waals surface area contributed by atoms with E-state index < -0.39 is 17.6 Å². The summed E-state index contributed by atoms with van der Waals surface area (Å²) in [5, 5.41) is 10.4. The number of hydrogen-bond acceptors (Lipinski definition) is 4. The molecule has 4 rings (SSSR count). The molecule has 0 unspecified atom stereocenters. The van der Waals surface area contributed by atoms with Gasteiger partial charge in [-0.2, -0.15) is 0 Å². The highest BCUT2D eigenvalue weighted by Gasteiger charge is 2.29. The van der Waals surface area contributed by atoms with Crippen molar-refractivity contribution in [2.45, 2.75) is 38.5 Å². The molecule has 5 nitrogen and oxygen atoms in total. The fourth-order valence-corrected chi connectivity index (χ4v) is 5.22. The molecule has 1 fully saturated rings. The first kappa shape index (κ1) is 26.6. The zero-order valence-corrected chi connectivity index (χ0v) is 21.1. The number of nitrogens with zero attached hydrogens (tertiary/aromatic N) is 2. The standard InChI is InChI=1S/C30H32F2N2O3/c1-37-25-9-11-29-26(19-25)23(13-15-33-29)6-2-5-22-14-17-34(20-24(22)8-12-30(35)36)16-3-4-21-7-10-27(31)28(32)18-21/h7,9-11,13,15,18-19,22,24H,2,5-6,8,12,14,16-17,20H2,1H3,(H,35,36)/t22-,24+/m1/s1. The maximum absolute atomic E-state index is 13.4. The fraction of sp³-hybridized carbons (Fsp3) is 0.400. The van der Waals surface area contributed by atoms with Crippen molar-refractivity contribution in [1.29, 1.82) is 0 Å². The summed E-state index contributed by atoms with van der Waals surface area (Å²) in [6.45, 7) is 2.19. The van der Waals surface area contributed by atoms with Gasteiger partial charge in [-0.3, -0.25) is 14.7 Å². The number of hydrogen-bond donors (Lipinski definition) is 1. The number of pyridine rings is 1. The summed E-state index contributed by atoms with van der Waals surface area (Å²) in [6.07, 6.45) is 6.61. The minimum atomic E-state index is -0.903. The van der Waals surface area contributed by atoms with E-state index in [0.717, 1.165) is 67.6 Å². The van der Waals surface area contributed by atoms with Crippen molar-refractivity contribution in [3.8, 4) is 17.6 Å². The SMILES string of the molecule is COc1ccc2nccc(CCC[C@@H]3CCN(CC#Cc4ccc(F)c(F)c4)C[C@@H]3CCC(=O)O)c2c1. The van der Waals surface area contributed by atoms with Gasteiger partial charge in [0.25, 0.3) is 0 Å². The molecule has 7 heteroatoms. The van der Waals surface area contributed by atoms with Crippen molar-refractivity contribution in [2.24, 2.45) is 11.8 Å². The number of likely N-dealkylation sites (tertiary alicyclic amines) is 1. The topological polar surface area (TPSA) is 62.7 Å². The van der Waals surface area contributed by atoms with E-state index in [1.165, 1.54) is 11.6 Å². The quantitative estimate of drug-likeness (QED) is 0.377. The maximum Gasteiger partial charge on any atom is 0.303 e. The van der Waals surface area contributed by atoms with E-state index in [9.17, 15) is 18.7 Å². The minimum absolute atomic E-state index is 0.157. The Morgan fingerprint density at radius 3 is 2.78 bits per heavy atom. The molecule has 0 amide bonds. The lowest BCUT2D eigenvalue weighted by Crippen LogP contribution is -2.41. The average molecular weight is 507 g/mol. The Bertz CT molecular complexity index is 1300. The molecule has 194 valence electrons. The summed E-state index contributed by atoms with van der Waals surface area (Å²) >= 11 is 0. The Balaban J connectivity index is 1.36. The molecule has 0 saturated carbocycles. The van der Waals surface area contributed by atoms with Crippen LogP contribution in [0.3, 0.4) is 0 Å². The van der Waals surface area contributed by atoms with Crippen LogP contribution in [0, 0.1) is 35.3 Å². The van der Waals surface area contributed by atoms with Gasteiger partial charge in [-0.1, -0.05) is 11.8 Å². The van der Waals surface area contributed by atoms with E-state index >= 15 is 0 Å². The van der Waals surface area contributed by atoms with E-state index in [4.69, 9.17) is 4.74 Å². The molecule has 3 aromatic rings. The van der Waals surface area contributed by atoms with Gasteiger partial charge in [-0.05, 0) is 98.5 Å². The Morgan fingerprint density at radius 2 is 2.00 bits per heavy atom. The molecule has 1 aromatic heterocycles. The van der Waals surface area contributed by atoms with Crippen LogP contribution in [-0.4, -0.2) is 47.7 Å². The lowest BCUT2D eigenvalue weighted by molar-refractivity contribution is -0.137. The van der Waals surface area contributed by atoms with Crippen LogP contribution in [0.15, 0.2) is 48.7 Å². The molecule has 2 aromatic carbocycles. The minimum Gasteiger partial charge on any atom is -0.497 e. The Kier molecular flexibility index (Phi) is 9.08. The average Bonchev–Trinajstić information content (AvgIpc) is 2.90. The predicted molar refractivity (Wildman–Crippen MR) is 139 cm³/mol. The number of halogens is 2. The van der Waals surface area contributed by atoms with Gasteiger partial charge in [0.1, 0.15) is 5.75 Å². The molecular weight excluding hydrogens is 474 g/mol. The van der Waals surface area contributed by atoms with Gasteiger partial charge in [0, 0.05) is 30.1 Å². The largest absolute Gasteiger partial charge is 0.497 e. The van der Waals surface area contributed by atoms with Crippen molar-refractivity contribution in [3.63, 3.8) is 0 Å². The van der Waals surface area contributed by atoms with Crippen LogP contribution in [0.1, 0.15) is 43.2 Å². The first-order chi connectivity index (χ1) is 17.9. The molecule has 2 heterocycles. The van der Waals surface area contributed by atoms with Crippen molar-refractivity contribution in [2.75, 3.05) is 26.7 Å². The summed E-state index contributed by atoms with van der Waals surface area (Å²) < 4.78 is 31.9. The van der Waals surface area contributed by atoms with E-state index in [-0.39, 0.29) is 12.3 Å². The van der Waals surface area contributed by atoms with Crippen LogP contribution in [0.5, 0.6) is 5.75 Å². The third kappa shape index (κ3) is 7.27. The molecule has 1 aliphatic rings. The molecule has 1 aliphatic heterocycles. The van der Waals surface area contributed by atoms with E-state index in [2.05, 4.69) is 27.8 Å². The van der Waals surface area contributed by atoms with Crippen molar-refractivity contribution in [3.05, 3.63) is 71.4 Å². The van der Waals surface area contributed by atoms with Gasteiger partial charge in [0.2, 0.25) is 0 Å². The van der Waals surface area contributed by atoms with Crippen LogP contribution >= 0.6 is 0 Å². The summed E-state index contributed by atoms with van der Waals surface area (Å²) in [5.41, 5.74) is 2.64. The second kappa shape index (κ2) is 12.6. The number of piperidine rings is 1. The Morgan fingerprint density at radius 1 is 1.14 bits per heavy atom. The summed E-state index contributed by atoms with van der Waals surface area (Å²) in [5.74, 6) is 4.96. The number of aryl methyl sites for hydroxylation is 1. The molecule has 0 bridgehead atoms. The normalized spacial score (nSPS) is 17.8.